The second-order valence-corrected chi connectivity index (χ2v) is 10.2. The van der Waals surface area contributed by atoms with Gasteiger partial charge in [-0.3, -0.25) is 9.59 Å². The molecular weight excluding hydrogens is 402 g/mol. The molecule has 0 bridgehead atoms. The largest absolute Gasteiger partial charge is 0.392 e. The van der Waals surface area contributed by atoms with E-state index in [-0.39, 0.29) is 46.9 Å². The van der Waals surface area contributed by atoms with Crippen LogP contribution in [-0.2, 0) is 4.79 Å². The first-order valence-corrected chi connectivity index (χ1v) is 11.9. The van der Waals surface area contributed by atoms with E-state index < -0.39 is 6.10 Å². The lowest BCUT2D eigenvalue weighted by atomic mass is 9.51. The number of nitriles is 1. The summed E-state index contributed by atoms with van der Waals surface area (Å²) in [6.07, 6.45) is 3.36. The fourth-order valence-corrected chi connectivity index (χ4v) is 6.20. The molecule has 0 spiro atoms. The summed E-state index contributed by atoms with van der Waals surface area (Å²) in [4.78, 5) is 27.3. The Morgan fingerprint density at radius 2 is 1.94 bits per heavy atom. The van der Waals surface area contributed by atoms with Gasteiger partial charge in [-0.15, -0.1) is 0 Å². The summed E-state index contributed by atoms with van der Waals surface area (Å²) in [6, 6.07) is 11.3. The predicted molar refractivity (Wildman–Crippen MR) is 123 cm³/mol. The summed E-state index contributed by atoms with van der Waals surface area (Å²) >= 11 is 0. The van der Waals surface area contributed by atoms with E-state index >= 15 is 0 Å². The van der Waals surface area contributed by atoms with Crippen molar-refractivity contribution in [1.29, 1.82) is 5.26 Å². The van der Waals surface area contributed by atoms with Gasteiger partial charge in [0.1, 0.15) is 0 Å². The summed E-state index contributed by atoms with van der Waals surface area (Å²) in [7, 11) is 1.73. The smallest absolute Gasteiger partial charge is 0.251 e. The molecule has 2 aliphatic rings. The van der Waals surface area contributed by atoms with Gasteiger partial charge >= 0.3 is 0 Å². The number of aliphatic hydroxyl groups is 1. The maximum Gasteiger partial charge on any atom is 0.251 e. The van der Waals surface area contributed by atoms with Gasteiger partial charge in [-0.1, -0.05) is 39.0 Å². The molecule has 0 unspecified atom stereocenters. The van der Waals surface area contributed by atoms with Gasteiger partial charge in [0.2, 0.25) is 5.91 Å². The van der Waals surface area contributed by atoms with E-state index in [0.29, 0.717) is 18.5 Å². The zero-order valence-corrected chi connectivity index (χ0v) is 19.8. The van der Waals surface area contributed by atoms with Crippen LogP contribution in [0.25, 0.3) is 0 Å². The summed E-state index contributed by atoms with van der Waals surface area (Å²) in [5.41, 5.74) is 0.661. The molecule has 1 aromatic rings. The molecule has 0 saturated heterocycles. The van der Waals surface area contributed by atoms with Crippen molar-refractivity contribution >= 4 is 11.8 Å². The standard InChI is InChI=1S/C26H37N3O3/c1-17(25(32)29(4)16-8-15-27)20-11-13-26(3)14-12-21(18(2)22(26)23(20)30)28-24(31)19-9-6-5-7-10-19/h5-7,9-10,17-18,20-23,30H,8,11-14,16H2,1-4H3,(H,28,31)/t17-,18-,20-,21-,22+,23-,26+/m0/s1. The van der Waals surface area contributed by atoms with Crippen LogP contribution in [0.2, 0.25) is 0 Å². The fraction of sp³-hybridized carbons (Fsp3) is 0.654. The van der Waals surface area contributed by atoms with E-state index in [1.807, 2.05) is 37.3 Å². The van der Waals surface area contributed by atoms with E-state index in [4.69, 9.17) is 5.26 Å². The second-order valence-electron chi connectivity index (χ2n) is 10.2. The number of fused-ring (bicyclic) bond motifs is 1. The van der Waals surface area contributed by atoms with Crippen molar-refractivity contribution in [2.75, 3.05) is 13.6 Å². The van der Waals surface area contributed by atoms with Crippen molar-refractivity contribution < 1.29 is 14.7 Å². The van der Waals surface area contributed by atoms with Crippen molar-refractivity contribution in [3.05, 3.63) is 35.9 Å². The third kappa shape index (κ3) is 4.83. The molecule has 7 atom stereocenters. The number of amides is 2. The average molecular weight is 440 g/mol. The number of rotatable bonds is 6. The number of benzene rings is 1. The van der Waals surface area contributed by atoms with Crippen LogP contribution in [0.4, 0.5) is 0 Å². The van der Waals surface area contributed by atoms with Crippen LogP contribution in [0, 0.1) is 40.4 Å². The molecule has 6 heteroatoms. The molecule has 0 radical (unpaired) electrons. The molecule has 2 saturated carbocycles. The summed E-state index contributed by atoms with van der Waals surface area (Å²) < 4.78 is 0. The third-order valence-corrected chi connectivity index (χ3v) is 8.21. The Kier molecular flexibility index (Phi) is 7.61. The number of aliphatic hydroxyl groups excluding tert-OH is 1. The Labute approximate surface area is 192 Å². The van der Waals surface area contributed by atoms with Gasteiger partial charge in [0.05, 0.1) is 18.6 Å². The average Bonchev–Trinajstić information content (AvgIpc) is 2.79. The van der Waals surface area contributed by atoms with Crippen molar-refractivity contribution in [3.63, 3.8) is 0 Å². The van der Waals surface area contributed by atoms with Gasteiger partial charge in [-0.25, -0.2) is 0 Å². The zero-order chi connectivity index (χ0) is 23.5. The second kappa shape index (κ2) is 10.0. The Hall–Kier alpha value is -2.39. The minimum atomic E-state index is -0.594. The molecule has 2 fully saturated rings. The highest BCUT2D eigenvalue weighted by atomic mass is 16.3. The van der Waals surface area contributed by atoms with Gasteiger partial charge in [0.15, 0.2) is 0 Å². The van der Waals surface area contributed by atoms with Gasteiger partial charge in [0.25, 0.3) is 5.91 Å². The highest BCUT2D eigenvalue weighted by molar-refractivity contribution is 5.94. The summed E-state index contributed by atoms with van der Waals surface area (Å²) in [6.45, 7) is 6.71. The molecular formula is C26H37N3O3. The monoisotopic (exact) mass is 439 g/mol. The van der Waals surface area contributed by atoms with E-state index in [1.165, 1.54) is 0 Å². The van der Waals surface area contributed by atoms with Crippen molar-refractivity contribution in [2.45, 2.75) is 65.0 Å². The third-order valence-electron chi connectivity index (χ3n) is 8.21. The summed E-state index contributed by atoms with van der Waals surface area (Å²) in [5.74, 6) is -0.365. The topological polar surface area (TPSA) is 93.4 Å². The van der Waals surface area contributed by atoms with E-state index in [9.17, 15) is 14.7 Å². The van der Waals surface area contributed by atoms with Crippen LogP contribution in [0.15, 0.2) is 30.3 Å². The van der Waals surface area contributed by atoms with E-state index in [2.05, 4.69) is 25.2 Å². The molecule has 2 aliphatic carbocycles. The maximum absolute atomic E-state index is 12.9. The van der Waals surface area contributed by atoms with Crippen molar-refractivity contribution in [1.82, 2.24) is 10.2 Å². The Balaban J connectivity index is 1.73. The lowest BCUT2D eigenvalue weighted by Gasteiger charge is -2.56. The molecule has 0 aliphatic heterocycles. The number of nitrogens with zero attached hydrogens (tertiary/aromatic N) is 2. The number of hydrogen-bond acceptors (Lipinski definition) is 4. The highest BCUT2D eigenvalue weighted by Crippen LogP contribution is 2.55. The van der Waals surface area contributed by atoms with Crippen LogP contribution in [0.5, 0.6) is 0 Å². The first kappa shape index (κ1) is 24.3. The number of carbonyl (C=O) groups is 2. The van der Waals surface area contributed by atoms with Crippen LogP contribution in [0.1, 0.15) is 63.2 Å². The molecule has 2 amide bonds. The Morgan fingerprint density at radius 1 is 1.28 bits per heavy atom. The van der Waals surface area contributed by atoms with Gasteiger partial charge in [0, 0.05) is 31.1 Å². The number of hydrogen-bond donors (Lipinski definition) is 2. The minimum absolute atomic E-state index is 0.00140. The Bertz CT molecular complexity index is 852. The number of carbonyl (C=O) groups excluding carboxylic acids is 2. The molecule has 2 N–H and O–H groups in total. The molecule has 0 aromatic heterocycles. The lowest BCUT2D eigenvalue weighted by molar-refractivity contribution is -0.149. The van der Waals surface area contributed by atoms with E-state index in [1.54, 1.807) is 11.9 Å². The minimum Gasteiger partial charge on any atom is -0.392 e. The number of nitrogens with one attached hydrogen (secondary N) is 1. The first-order valence-electron chi connectivity index (χ1n) is 11.9. The highest BCUT2D eigenvalue weighted by Gasteiger charge is 2.54. The van der Waals surface area contributed by atoms with Gasteiger partial charge in [-0.2, -0.15) is 5.26 Å². The van der Waals surface area contributed by atoms with Crippen LogP contribution in [0.3, 0.4) is 0 Å². The normalized spacial score (nSPS) is 32.8. The fourth-order valence-electron chi connectivity index (χ4n) is 6.20. The van der Waals surface area contributed by atoms with Crippen LogP contribution < -0.4 is 5.32 Å². The zero-order valence-electron chi connectivity index (χ0n) is 19.8. The maximum atomic E-state index is 12.9. The van der Waals surface area contributed by atoms with Crippen LogP contribution in [-0.4, -0.2) is 47.6 Å². The van der Waals surface area contributed by atoms with Gasteiger partial charge in [-0.05, 0) is 61.0 Å². The van der Waals surface area contributed by atoms with Crippen LogP contribution >= 0.6 is 0 Å². The molecule has 0 heterocycles. The van der Waals surface area contributed by atoms with Gasteiger partial charge < -0.3 is 15.3 Å². The van der Waals surface area contributed by atoms with Crippen molar-refractivity contribution in [2.24, 2.45) is 29.1 Å². The lowest BCUT2D eigenvalue weighted by Crippen LogP contribution is -2.58. The van der Waals surface area contributed by atoms with Crippen molar-refractivity contribution in [3.8, 4) is 6.07 Å². The first-order chi connectivity index (χ1) is 15.2. The molecule has 6 nitrogen and oxygen atoms in total. The molecule has 1 aromatic carbocycles. The SMILES string of the molecule is C[C@@H]1[C@@H]2[C@@H](O)[C@H]([C@H](C)C(=O)N(C)CCC#N)CC[C@]2(C)CC[C@@H]1NC(=O)c1ccccc1. The van der Waals surface area contributed by atoms with E-state index in [0.717, 1.165) is 25.7 Å². The molecule has 32 heavy (non-hydrogen) atoms. The quantitative estimate of drug-likeness (QED) is 0.708. The summed E-state index contributed by atoms with van der Waals surface area (Å²) in [5, 5.41) is 23.5. The predicted octanol–water partition coefficient (Wildman–Crippen LogP) is 3.62. The Morgan fingerprint density at radius 3 is 2.59 bits per heavy atom. The molecule has 174 valence electrons. The molecule has 3 rings (SSSR count).